The largest absolute Gasteiger partial charge is 0.326 e. The number of nitrogens with zero attached hydrogens (tertiary/aromatic N) is 3. The fourth-order valence-electron chi connectivity index (χ4n) is 1.54. The van der Waals surface area contributed by atoms with Crippen LogP contribution in [0.5, 0.6) is 0 Å². The number of nitrogens with one attached hydrogen (secondary N) is 2. The fraction of sp³-hybridized carbons (Fsp3) is 0.308. The van der Waals surface area contributed by atoms with Gasteiger partial charge in [0.05, 0.1) is 0 Å². The van der Waals surface area contributed by atoms with Gasteiger partial charge in [-0.2, -0.15) is 0 Å². The Kier molecular flexibility index (Phi) is 7.21. The van der Waals surface area contributed by atoms with Gasteiger partial charge in [0.2, 0.25) is 5.91 Å². The molecule has 2 N–H and O–H groups in total. The third kappa shape index (κ3) is 5.37. The second-order valence-corrected chi connectivity index (χ2v) is 5.29. The highest BCUT2D eigenvalue weighted by atomic mass is 35.5. The summed E-state index contributed by atoms with van der Waals surface area (Å²) in [6.45, 7) is 0.673. The van der Waals surface area contributed by atoms with E-state index in [0.717, 1.165) is 15.7 Å². The normalized spacial score (nSPS) is 10.0. The Hall–Kier alpha value is -1.57. The number of anilines is 1. The number of hydrogen-bond acceptors (Lipinski definition) is 5. The lowest BCUT2D eigenvalue weighted by Crippen LogP contribution is -2.18. The van der Waals surface area contributed by atoms with Crippen LogP contribution in [0, 0.1) is 0 Å². The van der Waals surface area contributed by atoms with Crippen LogP contribution in [0.1, 0.15) is 6.42 Å². The van der Waals surface area contributed by atoms with Crippen LogP contribution >= 0.6 is 24.2 Å². The minimum absolute atomic E-state index is 0. The molecule has 8 heteroatoms. The summed E-state index contributed by atoms with van der Waals surface area (Å²) in [7, 11) is 3.73. The zero-order valence-corrected chi connectivity index (χ0v) is 13.5. The summed E-state index contributed by atoms with van der Waals surface area (Å²) in [6.07, 6.45) is 2.13. The highest BCUT2D eigenvalue weighted by molar-refractivity contribution is 7.99. The van der Waals surface area contributed by atoms with E-state index in [4.69, 9.17) is 0 Å². The van der Waals surface area contributed by atoms with Gasteiger partial charge in [-0.25, -0.2) is 0 Å². The molecule has 1 amide bonds. The zero-order valence-electron chi connectivity index (χ0n) is 11.9. The minimum atomic E-state index is 0. The van der Waals surface area contributed by atoms with Gasteiger partial charge >= 0.3 is 0 Å². The van der Waals surface area contributed by atoms with E-state index >= 15 is 0 Å². The Morgan fingerprint density at radius 2 is 2.05 bits per heavy atom. The molecule has 0 aliphatic rings. The molecular formula is C13H18ClN5OS. The van der Waals surface area contributed by atoms with Gasteiger partial charge < -0.3 is 15.2 Å². The van der Waals surface area contributed by atoms with Crippen molar-refractivity contribution in [3.8, 4) is 0 Å². The van der Waals surface area contributed by atoms with E-state index < -0.39 is 0 Å². The lowest BCUT2D eigenvalue weighted by Gasteiger charge is -2.06. The Morgan fingerprint density at radius 3 is 2.62 bits per heavy atom. The number of aryl methyl sites for hydroxylation is 1. The number of halogens is 1. The van der Waals surface area contributed by atoms with E-state index in [9.17, 15) is 4.79 Å². The van der Waals surface area contributed by atoms with E-state index in [1.165, 1.54) is 11.8 Å². The third-order valence-corrected chi connectivity index (χ3v) is 3.68. The van der Waals surface area contributed by atoms with Crippen molar-refractivity contribution in [3.05, 3.63) is 30.6 Å². The van der Waals surface area contributed by atoms with Crippen LogP contribution in [0.3, 0.4) is 0 Å². The molecule has 1 aromatic heterocycles. The average molecular weight is 328 g/mol. The van der Waals surface area contributed by atoms with Gasteiger partial charge in [0.25, 0.3) is 0 Å². The number of benzene rings is 1. The first-order chi connectivity index (χ1) is 9.69. The molecule has 0 saturated heterocycles. The predicted molar refractivity (Wildman–Crippen MR) is 86.0 cm³/mol. The zero-order chi connectivity index (χ0) is 14.4. The molecule has 2 rings (SSSR count). The van der Waals surface area contributed by atoms with Crippen LogP contribution in [-0.2, 0) is 11.8 Å². The van der Waals surface area contributed by atoms with Crippen molar-refractivity contribution < 1.29 is 4.79 Å². The quantitative estimate of drug-likeness (QED) is 0.848. The molecule has 0 saturated carbocycles. The Morgan fingerprint density at radius 1 is 1.33 bits per heavy atom. The van der Waals surface area contributed by atoms with Crippen LogP contribution < -0.4 is 10.6 Å². The minimum Gasteiger partial charge on any atom is -0.326 e. The molecule has 2 aromatic rings. The molecule has 1 aromatic carbocycles. The molecule has 0 fully saturated rings. The van der Waals surface area contributed by atoms with Crippen LogP contribution in [0.4, 0.5) is 5.69 Å². The molecule has 6 nitrogen and oxygen atoms in total. The standard InChI is InChI=1S/C13H17N5OS.ClH/c1-14-8-7-12(19)16-10-3-5-11(6-4-10)20-13-17-15-9-18(13)2;/h3-6,9,14H,7-8H2,1-2H3,(H,16,19);1H. The number of carbonyl (C=O) groups is 1. The number of aromatic nitrogens is 3. The highest BCUT2D eigenvalue weighted by Gasteiger charge is 2.05. The molecule has 1 heterocycles. The fourth-order valence-corrected chi connectivity index (χ4v) is 2.30. The van der Waals surface area contributed by atoms with Gasteiger partial charge in [-0.1, -0.05) is 0 Å². The number of rotatable bonds is 6. The van der Waals surface area contributed by atoms with Crippen molar-refractivity contribution >= 4 is 35.8 Å². The van der Waals surface area contributed by atoms with Crippen molar-refractivity contribution in [1.82, 2.24) is 20.1 Å². The van der Waals surface area contributed by atoms with Gasteiger partial charge in [0, 0.05) is 30.6 Å². The van der Waals surface area contributed by atoms with Crippen molar-refractivity contribution in [2.45, 2.75) is 16.5 Å². The van der Waals surface area contributed by atoms with Crippen LogP contribution in [0.15, 0.2) is 40.6 Å². The predicted octanol–water partition coefficient (Wildman–Crippen LogP) is 1.94. The lowest BCUT2D eigenvalue weighted by molar-refractivity contribution is -0.116. The summed E-state index contributed by atoms with van der Waals surface area (Å²) in [6, 6.07) is 7.67. The summed E-state index contributed by atoms with van der Waals surface area (Å²) in [5.74, 6) is 0.00746. The van der Waals surface area contributed by atoms with Gasteiger partial charge in [-0.3, -0.25) is 4.79 Å². The SMILES string of the molecule is CNCCC(=O)Nc1ccc(Sc2nncn2C)cc1.Cl. The van der Waals surface area contributed by atoms with Crippen molar-refractivity contribution in [1.29, 1.82) is 0 Å². The van der Waals surface area contributed by atoms with Crippen molar-refractivity contribution in [2.75, 3.05) is 18.9 Å². The first-order valence-corrected chi connectivity index (χ1v) is 7.07. The molecule has 0 bridgehead atoms. The van der Waals surface area contributed by atoms with E-state index in [1.807, 2.05) is 42.9 Å². The maximum atomic E-state index is 11.6. The molecule has 0 aliphatic carbocycles. The van der Waals surface area contributed by atoms with E-state index in [-0.39, 0.29) is 18.3 Å². The van der Waals surface area contributed by atoms with Crippen molar-refractivity contribution in [2.24, 2.45) is 7.05 Å². The third-order valence-electron chi connectivity index (χ3n) is 2.62. The summed E-state index contributed by atoms with van der Waals surface area (Å²) in [4.78, 5) is 12.6. The molecule has 21 heavy (non-hydrogen) atoms. The van der Waals surface area contributed by atoms with Gasteiger partial charge in [0.1, 0.15) is 6.33 Å². The topological polar surface area (TPSA) is 71.8 Å². The van der Waals surface area contributed by atoms with E-state index in [0.29, 0.717) is 13.0 Å². The number of hydrogen-bond donors (Lipinski definition) is 2. The lowest BCUT2D eigenvalue weighted by atomic mass is 10.3. The molecule has 0 atom stereocenters. The molecule has 0 radical (unpaired) electrons. The molecule has 0 aliphatic heterocycles. The summed E-state index contributed by atoms with van der Waals surface area (Å²) in [5, 5.41) is 14.5. The summed E-state index contributed by atoms with van der Waals surface area (Å²) >= 11 is 1.53. The molecule has 0 spiro atoms. The van der Waals surface area contributed by atoms with E-state index in [2.05, 4.69) is 20.8 Å². The maximum Gasteiger partial charge on any atom is 0.225 e. The highest BCUT2D eigenvalue weighted by Crippen LogP contribution is 2.26. The monoisotopic (exact) mass is 327 g/mol. The van der Waals surface area contributed by atoms with Gasteiger partial charge in [0.15, 0.2) is 5.16 Å². The second-order valence-electron chi connectivity index (χ2n) is 4.25. The Labute approximate surface area is 134 Å². The van der Waals surface area contributed by atoms with Gasteiger partial charge in [-0.05, 0) is 43.1 Å². The second kappa shape index (κ2) is 8.66. The first kappa shape index (κ1) is 17.5. The first-order valence-electron chi connectivity index (χ1n) is 6.25. The maximum absolute atomic E-state index is 11.6. The summed E-state index contributed by atoms with van der Waals surface area (Å²) < 4.78 is 1.86. The average Bonchev–Trinajstić information content (AvgIpc) is 2.84. The molecule has 114 valence electrons. The smallest absolute Gasteiger partial charge is 0.225 e. The molecule has 0 unspecified atom stereocenters. The Bertz CT molecular complexity index is 572. The molecular weight excluding hydrogens is 310 g/mol. The summed E-state index contributed by atoms with van der Waals surface area (Å²) in [5.41, 5.74) is 0.799. The number of carbonyl (C=O) groups excluding carboxylic acids is 1. The van der Waals surface area contributed by atoms with Crippen LogP contribution in [0.2, 0.25) is 0 Å². The van der Waals surface area contributed by atoms with Crippen molar-refractivity contribution in [3.63, 3.8) is 0 Å². The Balaban J connectivity index is 0.00000220. The van der Waals surface area contributed by atoms with E-state index in [1.54, 1.807) is 6.33 Å². The van der Waals surface area contributed by atoms with Crippen LogP contribution in [-0.4, -0.2) is 34.3 Å². The van der Waals surface area contributed by atoms with Crippen LogP contribution in [0.25, 0.3) is 0 Å². The van der Waals surface area contributed by atoms with Gasteiger partial charge in [-0.15, -0.1) is 22.6 Å². The number of amides is 1.